The number of hydrogen-bond donors (Lipinski definition) is 0. The molecule has 0 amide bonds. The van der Waals surface area contributed by atoms with E-state index < -0.39 is 5.41 Å². The lowest BCUT2D eigenvalue weighted by Gasteiger charge is -2.26. The van der Waals surface area contributed by atoms with Gasteiger partial charge in [-0.3, -0.25) is 4.79 Å². The first kappa shape index (κ1) is 18.2. The quantitative estimate of drug-likeness (QED) is 0.656. The number of halogens is 1. The Balaban J connectivity index is 0.00000196. The standard InChI is InChI=1S/C21H20N2O2.ClH/c1-16-22-12-13-23(16)15-19-14-21(20(24)25-19,17-8-4-2-5-9-17)18-10-6-3-7-11-18;/h2-13,19H,14-15H2,1H3;1H. The molecule has 1 aliphatic rings. The largest absolute Gasteiger partial charge is 0.459 e. The number of carbonyl (C=O) groups is 1. The molecule has 134 valence electrons. The van der Waals surface area contributed by atoms with Gasteiger partial charge in [-0.2, -0.15) is 0 Å². The van der Waals surface area contributed by atoms with Crippen molar-refractivity contribution in [3.05, 3.63) is 90.0 Å². The maximum absolute atomic E-state index is 13.1. The third-order valence-electron chi connectivity index (χ3n) is 5.01. The second kappa shape index (κ2) is 7.34. The van der Waals surface area contributed by atoms with Gasteiger partial charge in [0.2, 0.25) is 0 Å². The Morgan fingerprint density at radius 2 is 1.65 bits per heavy atom. The summed E-state index contributed by atoms with van der Waals surface area (Å²) in [6.07, 6.45) is 4.14. The van der Waals surface area contributed by atoms with Crippen LogP contribution in [0.1, 0.15) is 23.4 Å². The predicted octanol–water partition coefficient (Wildman–Crippen LogP) is 3.92. The lowest BCUT2D eigenvalue weighted by atomic mass is 9.72. The van der Waals surface area contributed by atoms with Gasteiger partial charge in [0.05, 0.1) is 6.54 Å². The van der Waals surface area contributed by atoms with Crippen molar-refractivity contribution in [3.8, 4) is 0 Å². The highest BCUT2D eigenvalue weighted by atomic mass is 35.5. The predicted molar refractivity (Wildman–Crippen MR) is 102 cm³/mol. The molecule has 2 aromatic carbocycles. The van der Waals surface area contributed by atoms with E-state index in [9.17, 15) is 4.79 Å². The van der Waals surface area contributed by atoms with Crippen LogP contribution in [0.15, 0.2) is 73.1 Å². The van der Waals surface area contributed by atoms with Crippen LogP contribution >= 0.6 is 12.4 Å². The van der Waals surface area contributed by atoms with Crippen molar-refractivity contribution in [2.24, 2.45) is 0 Å². The highest BCUT2D eigenvalue weighted by molar-refractivity contribution is 5.89. The molecule has 1 unspecified atom stereocenters. The summed E-state index contributed by atoms with van der Waals surface area (Å²) in [5, 5.41) is 0. The van der Waals surface area contributed by atoms with Crippen molar-refractivity contribution in [2.75, 3.05) is 0 Å². The monoisotopic (exact) mass is 368 g/mol. The van der Waals surface area contributed by atoms with Gasteiger partial charge in [0.1, 0.15) is 17.3 Å². The Morgan fingerprint density at radius 3 is 2.15 bits per heavy atom. The molecule has 1 aliphatic heterocycles. The summed E-state index contributed by atoms with van der Waals surface area (Å²) < 4.78 is 7.86. The molecule has 1 atom stereocenters. The molecule has 4 rings (SSSR count). The minimum atomic E-state index is -0.748. The summed E-state index contributed by atoms with van der Waals surface area (Å²) in [6, 6.07) is 19.9. The number of ether oxygens (including phenoxy) is 1. The van der Waals surface area contributed by atoms with Crippen LogP contribution in [0.3, 0.4) is 0 Å². The molecule has 0 N–H and O–H groups in total. The van der Waals surface area contributed by atoms with Gasteiger partial charge in [-0.1, -0.05) is 60.7 Å². The molecule has 0 saturated carbocycles. The van der Waals surface area contributed by atoms with Gasteiger partial charge >= 0.3 is 5.97 Å². The fourth-order valence-corrected chi connectivity index (χ4v) is 3.72. The number of hydrogen-bond acceptors (Lipinski definition) is 3. The number of rotatable bonds is 4. The number of benzene rings is 2. The number of carbonyl (C=O) groups excluding carboxylic acids is 1. The van der Waals surface area contributed by atoms with Crippen LogP contribution in [-0.4, -0.2) is 21.6 Å². The summed E-state index contributed by atoms with van der Waals surface area (Å²) in [4.78, 5) is 17.3. The van der Waals surface area contributed by atoms with Crippen molar-refractivity contribution in [3.63, 3.8) is 0 Å². The van der Waals surface area contributed by atoms with Crippen molar-refractivity contribution in [1.29, 1.82) is 0 Å². The average molecular weight is 369 g/mol. The van der Waals surface area contributed by atoms with Gasteiger partial charge < -0.3 is 9.30 Å². The average Bonchev–Trinajstić information content (AvgIpc) is 3.20. The number of nitrogens with zero attached hydrogens (tertiary/aromatic N) is 2. The number of esters is 1. The fraction of sp³-hybridized carbons (Fsp3) is 0.238. The highest BCUT2D eigenvalue weighted by Gasteiger charge is 2.51. The highest BCUT2D eigenvalue weighted by Crippen LogP contribution is 2.43. The number of aromatic nitrogens is 2. The molecule has 2 heterocycles. The maximum Gasteiger partial charge on any atom is 0.321 e. The second-order valence-electron chi connectivity index (χ2n) is 6.50. The Labute approximate surface area is 159 Å². The topological polar surface area (TPSA) is 44.1 Å². The summed E-state index contributed by atoms with van der Waals surface area (Å²) in [5.74, 6) is 0.751. The van der Waals surface area contributed by atoms with Gasteiger partial charge in [-0.15, -0.1) is 12.4 Å². The zero-order chi connectivity index (χ0) is 17.3. The summed E-state index contributed by atoms with van der Waals surface area (Å²) >= 11 is 0. The molecule has 1 fully saturated rings. The van der Waals surface area contributed by atoms with Crippen LogP contribution in [0.25, 0.3) is 0 Å². The summed E-state index contributed by atoms with van der Waals surface area (Å²) in [6.45, 7) is 2.58. The molecule has 4 nitrogen and oxygen atoms in total. The zero-order valence-electron chi connectivity index (χ0n) is 14.5. The van der Waals surface area contributed by atoms with E-state index in [2.05, 4.69) is 4.98 Å². The van der Waals surface area contributed by atoms with Gasteiger partial charge in [0.25, 0.3) is 0 Å². The molecule has 0 spiro atoms. The first-order valence-electron chi connectivity index (χ1n) is 8.50. The molecule has 1 saturated heterocycles. The van der Waals surface area contributed by atoms with Crippen LogP contribution in [0, 0.1) is 6.92 Å². The zero-order valence-corrected chi connectivity index (χ0v) is 15.4. The van der Waals surface area contributed by atoms with Crippen molar-refractivity contribution >= 4 is 18.4 Å². The molecule has 26 heavy (non-hydrogen) atoms. The smallest absolute Gasteiger partial charge is 0.321 e. The molecule has 5 heteroatoms. The first-order chi connectivity index (χ1) is 12.2. The molecular weight excluding hydrogens is 348 g/mol. The van der Waals surface area contributed by atoms with Crippen molar-refractivity contribution in [1.82, 2.24) is 9.55 Å². The van der Waals surface area contributed by atoms with E-state index in [0.29, 0.717) is 13.0 Å². The van der Waals surface area contributed by atoms with E-state index in [4.69, 9.17) is 4.74 Å². The van der Waals surface area contributed by atoms with Gasteiger partial charge in [0.15, 0.2) is 0 Å². The maximum atomic E-state index is 13.1. The molecule has 1 aromatic heterocycles. The van der Waals surface area contributed by atoms with Crippen LogP contribution in [0.2, 0.25) is 0 Å². The fourth-order valence-electron chi connectivity index (χ4n) is 3.72. The lowest BCUT2D eigenvalue weighted by Crippen LogP contribution is -2.33. The van der Waals surface area contributed by atoms with Crippen LogP contribution in [-0.2, 0) is 21.5 Å². The van der Waals surface area contributed by atoms with Gasteiger partial charge in [-0.05, 0) is 18.1 Å². The van der Waals surface area contributed by atoms with E-state index >= 15 is 0 Å². The Hall–Kier alpha value is -2.59. The van der Waals surface area contributed by atoms with Crippen LogP contribution in [0.4, 0.5) is 0 Å². The molecule has 0 aliphatic carbocycles. The molecule has 3 aromatic rings. The van der Waals surface area contributed by atoms with Crippen LogP contribution in [0.5, 0.6) is 0 Å². The van der Waals surface area contributed by atoms with E-state index in [1.165, 1.54) is 0 Å². The third kappa shape index (κ3) is 3.01. The third-order valence-corrected chi connectivity index (χ3v) is 5.01. The SMILES string of the molecule is Cc1nccn1CC1CC(c2ccccc2)(c2ccccc2)C(=O)O1.Cl. The minimum absolute atomic E-state index is 0. The molecule has 0 bridgehead atoms. The van der Waals surface area contributed by atoms with E-state index in [-0.39, 0.29) is 24.5 Å². The van der Waals surface area contributed by atoms with Crippen molar-refractivity contribution in [2.45, 2.75) is 31.4 Å². The van der Waals surface area contributed by atoms with E-state index in [1.807, 2.05) is 78.4 Å². The van der Waals surface area contributed by atoms with E-state index in [0.717, 1.165) is 17.0 Å². The number of cyclic esters (lactones) is 1. The van der Waals surface area contributed by atoms with Gasteiger partial charge in [0, 0.05) is 18.8 Å². The van der Waals surface area contributed by atoms with Gasteiger partial charge in [-0.25, -0.2) is 4.98 Å². The number of imidazole rings is 1. The lowest BCUT2D eigenvalue weighted by molar-refractivity contribution is -0.145. The second-order valence-corrected chi connectivity index (χ2v) is 6.50. The van der Waals surface area contributed by atoms with Crippen LogP contribution < -0.4 is 0 Å². The Morgan fingerprint density at radius 1 is 1.08 bits per heavy atom. The van der Waals surface area contributed by atoms with E-state index in [1.54, 1.807) is 6.20 Å². The molecule has 0 radical (unpaired) electrons. The Kier molecular flexibility index (Phi) is 5.14. The number of aryl methyl sites for hydroxylation is 1. The summed E-state index contributed by atoms with van der Waals surface area (Å²) in [7, 11) is 0. The van der Waals surface area contributed by atoms with Crippen molar-refractivity contribution < 1.29 is 9.53 Å². The first-order valence-corrected chi connectivity index (χ1v) is 8.50. The Bertz CT molecular complexity index is 838. The summed E-state index contributed by atoms with van der Waals surface area (Å²) in [5.41, 5.74) is 1.22. The normalized spacial score (nSPS) is 18.2. The minimum Gasteiger partial charge on any atom is -0.459 e. The molecular formula is C21H21ClN2O2.